The van der Waals surface area contributed by atoms with Crippen LogP contribution in [0.1, 0.15) is 16.0 Å². The zero-order valence-electron chi connectivity index (χ0n) is 8.44. The third kappa shape index (κ3) is 1.36. The van der Waals surface area contributed by atoms with E-state index in [4.69, 9.17) is 5.21 Å². The van der Waals surface area contributed by atoms with E-state index in [0.29, 0.717) is 0 Å². The first-order valence-corrected chi connectivity index (χ1v) is 6.00. The standard InChI is InChI=1S/C13H10BrNO/c14-12-7-13(15-16)11-6-9-4-2-1-3-8(9)5-10(11)12/h1-7,12,15-16H. The summed E-state index contributed by atoms with van der Waals surface area (Å²) < 4.78 is 0. The molecule has 0 saturated heterocycles. The van der Waals surface area contributed by atoms with Crippen LogP contribution in [-0.2, 0) is 0 Å². The van der Waals surface area contributed by atoms with Gasteiger partial charge in [-0.2, -0.15) is 0 Å². The summed E-state index contributed by atoms with van der Waals surface area (Å²) in [7, 11) is 0. The topological polar surface area (TPSA) is 32.3 Å². The van der Waals surface area contributed by atoms with Crippen molar-refractivity contribution < 1.29 is 5.21 Å². The number of rotatable bonds is 1. The SMILES string of the molecule is ONC1=CC(Br)c2cc3ccccc3cc21. The molecule has 0 aliphatic heterocycles. The van der Waals surface area contributed by atoms with Gasteiger partial charge in [0.2, 0.25) is 0 Å². The van der Waals surface area contributed by atoms with Crippen molar-refractivity contribution in [2.45, 2.75) is 4.83 Å². The van der Waals surface area contributed by atoms with E-state index >= 15 is 0 Å². The molecule has 3 heteroatoms. The number of hydrogen-bond donors (Lipinski definition) is 2. The Morgan fingerprint density at radius 1 is 1.12 bits per heavy atom. The number of halogens is 1. The van der Waals surface area contributed by atoms with Crippen molar-refractivity contribution >= 4 is 32.4 Å². The van der Waals surface area contributed by atoms with Crippen LogP contribution in [0.5, 0.6) is 0 Å². The van der Waals surface area contributed by atoms with Gasteiger partial charge in [-0.15, -0.1) is 0 Å². The molecule has 0 heterocycles. The van der Waals surface area contributed by atoms with Crippen molar-refractivity contribution in [2.75, 3.05) is 0 Å². The Morgan fingerprint density at radius 2 is 1.81 bits per heavy atom. The second kappa shape index (κ2) is 3.61. The molecule has 80 valence electrons. The van der Waals surface area contributed by atoms with Crippen molar-refractivity contribution in [3.8, 4) is 0 Å². The molecule has 2 aromatic rings. The molecule has 0 fully saturated rings. The number of allylic oxidation sites excluding steroid dienone is 1. The van der Waals surface area contributed by atoms with Crippen LogP contribution in [0.25, 0.3) is 16.5 Å². The Bertz CT molecular complexity index is 592. The van der Waals surface area contributed by atoms with Gasteiger partial charge in [-0.05, 0) is 34.5 Å². The van der Waals surface area contributed by atoms with Crippen molar-refractivity contribution in [2.24, 2.45) is 0 Å². The van der Waals surface area contributed by atoms with E-state index in [-0.39, 0.29) is 4.83 Å². The van der Waals surface area contributed by atoms with Gasteiger partial charge in [-0.1, -0.05) is 40.2 Å². The van der Waals surface area contributed by atoms with Crippen molar-refractivity contribution in [1.29, 1.82) is 0 Å². The van der Waals surface area contributed by atoms with Crippen molar-refractivity contribution in [3.63, 3.8) is 0 Å². The van der Waals surface area contributed by atoms with E-state index < -0.39 is 0 Å². The van der Waals surface area contributed by atoms with E-state index in [0.717, 1.165) is 11.3 Å². The molecular formula is C13H10BrNO. The molecule has 16 heavy (non-hydrogen) atoms. The van der Waals surface area contributed by atoms with Crippen LogP contribution in [0.4, 0.5) is 0 Å². The molecular weight excluding hydrogens is 266 g/mol. The lowest BCUT2D eigenvalue weighted by Gasteiger charge is -2.07. The quantitative estimate of drug-likeness (QED) is 0.616. The van der Waals surface area contributed by atoms with E-state index in [1.165, 1.54) is 16.3 Å². The fourth-order valence-corrected chi connectivity index (χ4v) is 2.79. The van der Waals surface area contributed by atoms with Crippen molar-refractivity contribution in [3.05, 3.63) is 53.6 Å². The fraction of sp³-hybridized carbons (Fsp3) is 0.0769. The van der Waals surface area contributed by atoms with Crippen molar-refractivity contribution in [1.82, 2.24) is 5.48 Å². The highest BCUT2D eigenvalue weighted by Gasteiger charge is 2.21. The predicted octanol–water partition coefficient (Wildman–Crippen LogP) is 3.61. The van der Waals surface area contributed by atoms with Crippen LogP contribution >= 0.6 is 15.9 Å². The first-order valence-electron chi connectivity index (χ1n) is 5.08. The largest absolute Gasteiger partial charge is 0.291 e. The zero-order valence-corrected chi connectivity index (χ0v) is 10.0. The van der Waals surface area contributed by atoms with Crippen LogP contribution in [0, 0.1) is 0 Å². The average molecular weight is 276 g/mol. The molecule has 3 rings (SSSR count). The lowest BCUT2D eigenvalue weighted by molar-refractivity contribution is 0.225. The highest BCUT2D eigenvalue weighted by molar-refractivity contribution is 9.09. The van der Waals surface area contributed by atoms with Crippen LogP contribution < -0.4 is 5.48 Å². The highest BCUT2D eigenvalue weighted by atomic mass is 79.9. The Morgan fingerprint density at radius 3 is 2.50 bits per heavy atom. The molecule has 1 atom stereocenters. The summed E-state index contributed by atoms with van der Waals surface area (Å²) in [6.45, 7) is 0. The third-order valence-corrected chi connectivity index (χ3v) is 3.70. The Balaban J connectivity index is 2.29. The number of alkyl halides is 1. The molecule has 1 unspecified atom stereocenters. The van der Waals surface area contributed by atoms with Gasteiger partial charge in [-0.25, -0.2) is 0 Å². The summed E-state index contributed by atoms with van der Waals surface area (Å²) in [5.74, 6) is 0. The summed E-state index contributed by atoms with van der Waals surface area (Å²) in [6, 6.07) is 12.5. The van der Waals surface area contributed by atoms with Gasteiger partial charge in [0.25, 0.3) is 0 Å². The number of hydrogen-bond acceptors (Lipinski definition) is 2. The minimum atomic E-state index is 0.168. The molecule has 0 bridgehead atoms. The van der Waals surface area contributed by atoms with Gasteiger partial charge in [0.05, 0.1) is 10.5 Å². The van der Waals surface area contributed by atoms with Crippen LogP contribution in [-0.4, -0.2) is 5.21 Å². The van der Waals surface area contributed by atoms with Gasteiger partial charge >= 0.3 is 0 Å². The smallest absolute Gasteiger partial charge is 0.0652 e. The first kappa shape index (κ1) is 9.87. The van der Waals surface area contributed by atoms with Crippen LogP contribution in [0.3, 0.4) is 0 Å². The molecule has 2 N–H and O–H groups in total. The van der Waals surface area contributed by atoms with Crippen LogP contribution in [0.15, 0.2) is 42.5 Å². The van der Waals surface area contributed by atoms with E-state index in [1.54, 1.807) is 0 Å². The molecule has 0 saturated carbocycles. The third-order valence-electron chi connectivity index (χ3n) is 2.94. The minimum Gasteiger partial charge on any atom is -0.291 e. The summed E-state index contributed by atoms with van der Waals surface area (Å²) in [6.07, 6.45) is 1.96. The molecule has 0 aromatic heterocycles. The molecule has 1 aliphatic rings. The van der Waals surface area contributed by atoms with Gasteiger partial charge in [-0.3, -0.25) is 10.7 Å². The maximum absolute atomic E-state index is 9.06. The summed E-state index contributed by atoms with van der Waals surface area (Å²) in [5, 5.41) is 11.5. The summed E-state index contributed by atoms with van der Waals surface area (Å²) in [5.41, 5.74) is 5.26. The normalized spacial score (nSPS) is 18.4. The average Bonchev–Trinajstić information content (AvgIpc) is 2.63. The number of nitrogens with one attached hydrogen (secondary N) is 1. The lowest BCUT2D eigenvalue weighted by Crippen LogP contribution is -2.03. The molecule has 0 radical (unpaired) electrons. The van der Waals surface area contributed by atoms with Gasteiger partial charge in [0.1, 0.15) is 0 Å². The number of fused-ring (bicyclic) bond motifs is 2. The molecule has 2 nitrogen and oxygen atoms in total. The summed E-state index contributed by atoms with van der Waals surface area (Å²) >= 11 is 3.58. The first-order chi connectivity index (χ1) is 7.79. The van der Waals surface area contributed by atoms with E-state index in [1.807, 2.05) is 18.2 Å². The summed E-state index contributed by atoms with van der Waals surface area (Å²) in [4.78, 5) is 0.168. The van der Waals surface area contributed by atoms with Gasteiger partial charge in [0.15, 0.2) is 0 Å². The van der Waals surface area contributed by atoms with Crippen LogP contribution in [0.2, 0.25) is 0 Å². The Hall–Kier alpha value is -1.32. The number of benzene rings is 2. The van der Waals surface area contributed by atoms with E-state index in [2.05, 4.69) is 45.7 Å². The second-order valence-electron chi connectivity index (χ2n) is 3.88. The molecule has 0 amide bonds. The maximum atomic E-state index is 9.06. The Kier molecular flexibility index (Phi) is 2.23. The minimum absolute atomic E-state index is 0.168. The Labute approximate surface area is 102 Å². The molecule has 2 aromatic carbocycles. The van der Waals surface area contributed by atoms with Gasteiger partial charge < -0.3 is 0 Å². The second-order valence-corrected chi connectivity index (χ2v) is 4.87. The molecule has 1 aliphatic carbocycles. The maximum Gasteiger partial charge on any atom is 0.0652 e. The predicted molar refractivity (Wildman–Crippen MR) is 68.5 cm³/mol. The van der Waals surface area contributed by atoms with Gasteiger partial charge in [0, 0.05) is 5.56 Å². The van der Waals surface area contributed by atoms with E-state index in [9.17, 15) is 0 Å². The molecule has 0 spiro atoms. The highest BCUT2D eigenvalue weighted by Crippen LogP contribution is 2.40. The monoisotopic (exact) mass is 275 g/mol. The fourth-order valence-electron chi connectivity index (χ4n) is 2.14. The zero-order chi connectivity index (χ0) is 11.1. The lowest BCUT2D eigenvalue weighted by atomic mass is 10.0. The number of hydroxylamine groups is 1.